The van der Waals surface area contributed by atoms with Gasteiger partial charge in [-0.2, -0.15) is 4.39 Å². The molecule has 0 saturated heterocycles. The van der Waals surface area contributed by atoms with E-state index in [1.54, 1.807) is 30.3 Å². The van der Waals surface area contributed by atoms with E-state index < -0.39 is 5.95 Å². The van der Waals surface area contributed by atoms with Crippen LogP contribution in [0.5, 0.6) is 0 Å². The molecule has 1 aromatic heterocycles. The van der Waals surface area contributed by atoms with E-state index in [1.807, 2.05) is 54.6 Å². The van der Waals surface area contributed by atoms with Crippen molar-refractivity contribution in [3.05, 3.63) is 106 Å². The molecule has 8 heteroatoms. The summed E-state index contributed by atoms with van der Waals surface area (Å²) in [6.45, 7) is 0.0362. The highest BCUT2D eigenvalue weighted by atomic mass is 35.5. The van der Waals surface area contributed by atoms with Crippen molar-refractivity contribution in [2.45, 2.75) is 11.4 Å². The van der Waals surface area contributed by atoms with E-state index in [-0.39, 0.29) is 12.5 Å². The van der Waals surface area contributed by atoms with Gasteiger partial charge in [0.2, 0.25) is 5.95 Å². The summed E-state index contributed by atoms with van der Waals surface area (Å²) in [5.41, 5.74) is 9.16. The molecule has 4 aromatic rings. The molecule has 0 aliphatic heterocycles. The minimum Gasteiger partial charge on any atom is -0.369 e. The minimum absolute atomic E-state index is 0.0362. The Bertz CT molecular complexity index is 1260. The molecule has 0 amide bonds. The van der Waals surface area contributed by atoms with Crippen molar-refractivity contribution in [1.82, 2.24) is 9.71 Å². The Morgan fingerprint density at radius 3 is 2.15 bits per heavy atom. The Kier molecular flexibility index (Phi) is 7.50. The highest BCUT2D eigenvalue weighted by Crippen LogP contribution is 2.33. The first-order valence-electron chi connectivity index (χ1n) is 9.99. The van der Waals surface area contributed by atoms with Crippen molar-refractivity contribution in [3.63, 3.8) is 0 Å². The molecule has 0 aliphatic rings. The van der Waals surface area contributed by atoms with E-state index in [2.05, 4.69) is 14.7 Å². The van der Waals surface area contributed by atoms with Crippen molar-refractivity contribution < 1.29 is 4.39 Å². The Labute approximate surface area is 205 Å². The monoisotopic (exact) mass is 496 g/mol. The van der Waals surface area contributed by atoms with Crippen LogP contribution in [-0.4, -0.2) is 10.9 Å². The third-order valence-corrected chi connectivity index (χ3v) is 6.08. The lowest BCUT2D eigenvalue weighted by atomic mass is 9.97. The molecule has 4 rings (SSSR count). The topological polar surface area (TPSA) is 63.3 Å². The van der Waals surface area contributed by atoms with Crippen LogP contribution in [-0.2, 0) is 6.54 Å². The van der Waals surface area contributed by atoms with E-state index in [4.69, 9.17) is 28.9 Å². The second-order valence-corrected chi connectivity index (χ2v) is 8.82. The zero-order valence-corrected chi connectivity index (χ0v) is 19.6. The quantitative estimate of drug-likeness (QED) is 0.131. The maximum absolute atomic E-state index is 15.0. The average molecular weight is 497 g/mol. The van der Waals surface area contributed by atoms with E-state index >= 15 is 0 Å². The van der Waals surface area contributed by atoms with E-state index in [1.165, 1.54) is 11.9 Å². The third-order valence-electron chi connectivity index (χ3n) is 4.76. The van der Waals surface area contributed by atoms with E-state index in [0.29, 0.717) is 21.3 Å². The summed E-state index contributed by atoms with van der Waals surface area (Å²) in [4.78, 5) is 9.53. The molecule has 0 spiro atoms. The molecule has 0 atom stereocenters. The van der Waals surface area contributed by atoms with Crippen LogP contribution >= 0.6 is 35.1 Å². The molecule has 33 heavy (non-hydrogen) atoms. The van der Waals surface area contributed by atoms with Gasteiger partial charge in [0, 0.05) is 31.6 Å². The smallest absolute Gasteiger partial charge is 0.218 e. The molecule has 0 aliphatic carbocycles. The summed E-state index contributed by atoms with van der Waals surface area (Å²) in [6, 6.07) is 25.9. The Hall–Kier alpha value is -3.06. The van der Waals surface area contributed by atoms with Gasteiger partial charge in [0.25, 0.3) is 0 Å². The number of nitrogens with one attached hydrogen (secondary N) is 1. The molecule has 0 radical (unpaired) electrons. The number of pyridine rings is 1. The molecule has 0 fully saturated rings. The Morgan fingerprint density at radius 2 is 1.52 bits per heavy atom. The molecular weight excluding hydrogens is 478 g/mol. The van der Waals surface area contributed by atoms with Crippen molar-refractivity contribution in [3.8, 4) is 22.4 Å². The van der Waals surface area contributed by atoms with Gasteiger partial charge in [0.1, 0.15) is 0 Å². The van der Waals surface area contributed by atoms with Gasteiger partial charge in [-0.3, -0.25) is 4.72 Å². The predicted molar refractivity (Wildman–Crippen MR) is 136 cm³/mol. The molecular formula is C25H19Cl2FN4S. The fourth-order valence-corrected chi connectivity index (χ4v) is 3.96. The number of nitrogens with zero attached hydrogens (tertiary/aromatic N) is 2. The minimum atomic E-state index is -0.607. The molecule has 4 nitrogen and oxygen atoms in total. The number of halogens is 3. The van der Waals surface area contributed by atoms with E-state index in [9.17, 15) is 4.39 Å². The maximum atomic E-state index is 15.0. The van der Waals surface area contributed by atoms with Crippen molar-refractivity contribution in [2.24, 2.45) is 10.7 Å². The standard InChI is InChI=1S/C25H19Cl2FN4S/c26-19-10-6-16(7-11-19)22-14-18(15-30-25(29)32-33-21-4-2-1-3-5-21)24(28)31-23(22)17-8-12-20(27)13-9-17/h1-14H,15H2,(H3,29,30,32). The largest absolute Gasteiger partial charge is 0.369 e. The number of nitrogens with two attached hydrogens (primary N) is 1. The first-order valence-corrected chi connectivity index (χ1v) is 11.6. The van der Waals surface area contributed by atoms with Gasteiger partial charge in [-0.05, 0) is 60.0 Å². The number of benzene rings is 3. The van der Waals surface area contributed by atoms with Crippen molar-refractivity contribution in [1.29, 1.82) is 0 Å². The van der Waals surface area contributed by atoms with Crippen LogP contribution in [0.4, 0.5) is 4.39 Å². The molecule has 166 valence electrons. The number of guanidine groups is 1. The summed E-state index contributed by atoms with van der Waals surface area (Å²) in [5, 5.41) is 1.20. The normalized spacial score (nSPS) is 11.4. The number of rotatable bonds is 6. The van der Waals surface area contributed by atoms with Gasteiger partial charge in [-0.25, -0.2) is 9.98 Å². The lowest BCUT2D eigenvalue weighted by Gasteiger charge is -2.13. The van der Waals surface area contributed by atoms with Gasteiger partial charge >= 0.3 is 0 Å². The van der Waals surface area contributed by atoms with Crippen LogP contribution in [0.15, 0.2) is 94.8 Å². The van der Waals surface area contributed by atoms with Gasteiger partial charge in [-0.15, -0.1) is 0 Å². The molecule has 1 heterocycles. The maximum Gasteiger partial charge on any atom is 0.218 e. The van der Waals surface area contributed by atoms with Gasteiger partial charge < -0.3 is 5.73 Å². The fourth-order valence-electron chi connectivity index (χ4n) is 3.12. The van der Waals surface area contributed by atoms with Crippen LogP contribution in [0, 0.1) is 5.95 Å². The summed E-state index contributed by atoms with van der Waals surface area (Å²) < 4.78 is 17.9. The summed E-state index contributed by atoms with van der Waals surface area (Å²) >= 11 is 13.4. The van der Waals surface area contributed by atoms with E-state index in [0.717, 1.165) is 21.6 Å². The van der Waals surface area contributed by atoms with Crippen molar-refractivity contribution >= 4 is 41.1 Å². The van der Waals surface area contributed by atoms with Crippen LogP contribution in [0.3, 0.4) is 0 Å². The molecule has 0 saturated carbocycles. The SMILES string of the molecule is NC(=NCc1cc(-c2ccc(Cl)cc2)c(-c2ccc(Cl)cc2)nc1F)NSc1ccccc1. The highest BCUT2D eigenvalue weighted by molar-refractivity contribution is 7.98. The number of hydrogen-bond donors (Lipinski definition) is 2. The first kappa shape index (κ1) is 23.1. The summed E-state index contributed by atoms with van der Waals surface area (Å²) in [5.74, 6) is -0.414. The fraction of sp³-hybridized carbons (Fsp3) is 0.0400. The van der Waals surface area contributed by atoms with Crippen LogP contribution in [0.2, 0.25) is 10.0 Å². The van der Waals surface area contributed by atoms with Crippen LogP contribution in [0.1, 0.15) is 5.56 Å². The highest BCUT2D eigenvalue weighted by Gasteiger charge is 2.15. The first-order chi connectivity index (χ1) is 16.0. The average Bonchev–Trinajstić information content (AvgIpc) is 2.83. The second kappa shape index (κ2) is 10.7. The van der Waals surface area contributed by atoms with Crippen molar-refractivity contribution in [2.75, 3.05) is 0 Å². The van der Waals surface area contributed by atoms with Gasteiger partial charge in [-0.1, -0.05) is 65.7 Å². The predicted octanol–water partition coefficient (Wildman–Crippen LogP) is 6.97. The third kappa shape index (κ3) is 6.05. The molecule has 3 N–H and O–H groups in total. The second-order valence-electron chi connectivity index (χ2n) is 7.07. The number of hydrogen-bond acceptors (Lipinski definition) is 3. The number of aliphatic imine (C=N–C) groups is 1. The number of aromatic nitrogens is 1. The molecule has 0 unspecified atom stereocenters. The Balaban J connectivity index is 1.64. The van der Waals surface area contributed by atoms with Crippen LogP contribution < -0.4 is 10.5 Å². The summed E-state index contributed by atoms with van der Waals surface area (Å²) in [6.07, 6.45) is 0. The van der Waals surface area contributed by atoms with Gasteiger partial charge in [0.05, 0.1) is 12.2 Å². The zero-order chi connectivity index (χ0) is 23.2. The zero-order valence-electron chi connectivity index (χ0n) is 17.3. The van der Waals surface area contributed by atoms with Crippen LogP contribution in [0.25, 0.3) is 22.4 Å². The molecule has 0 bridgehead atoms. The van der Waals surface area contributed by atoms with Gasteiger partial charge in [0.15, 0.2) is 5.96 Å². The Morgan fingerprint density at radius 1 is 0.909 bits per heavy atom. The lowest BCUT2D eigenvalue weighted by molar-refractivity contribution is 0.569. The molecule has 3 aromatic carbocycles. The summed E-state index contributed by atoms with van der Waals surface area (Å²) in [7, 11) is 0. The lowest BCUT2D eigenvalue weighted by Crippen LogP contribution is -2.26.